The molecule has 3 rings (SSSR count). The minimum absolute atomic E-state index is 0.109. The van der Waals surface area contributed by atoms with E-state index >= 15 is 0 Å². The van der Waals surface area contributed by atoms with Crippen LogP contribution in [0.2, 0.25) is 0 Å². The van der Waals surface area contributed by atoms with Crippen molar-refractivity contribution >= 4 is 32.4 Å². The highest BCUT2D eigenvalue weighted by Crippen LogP contribution is 2.29. The smallest absolute Gasteiger partial charge is 0.208 e. The molecule has 0 amide bonds. The maximum atomic E-state index is 13.2. The molecular weight excluding hydrogens is 345 g/mol. The highest BCUT2D eigenvalue weighted by Gasteiger charge is 2.23. The van der Waals surface area contributed by atoms with Crippen LogP contribution >= 0.6 is 27.3 Å². The molecule has 7 heteroatoms. The molecule has 106 valence electrons. The standard InChI is InChI=1S/C13H13BrFN3OS/c14-11-2-1-9(15)7-12(11)19-10-3-5-18(6-4-10)13-17-16-8-20-13/h1-2,7-8,10H,3-6H2. The van der Waals surface area contributed by atoms with Gasteiger partial charge in [-0.05, 0) is 28.1 Å². The van der Waals surface area contributed by atoms with E-state index in [9.17, 15) is 4.39 Å². The molecule has 0 unspecified atom stereocenters. The van der Waals surface area contributed by atoms with Crippen molar-refractivity contribution in [3.63, 3.8) is 0 Å². The maximum Gasteiger partial charge on any atom is 0.208 e. The van der Waals surface area contributed by atoms with E-state index in [-0.39, 0.29) is 11.9 Å². The van der Waals surface area contributed by atoms with Crippen LogP contribution in [-0.2, 0) is 0 Å². The summed E-state index contributed by atoms with van der Waals surface area (Å²) in [6.07, 6.45) is 1.89. The summed E-state index contributed by atoms with van der Waals surface area (Å²) in [4.78, 5) is 2.21. The number of halogens is 2. The molecular formula is C13H13BrFN3OS. The number of benzene rings is 1. The number of ether oxygens (including phenoxy) is 1. The van der Waals surface area contributed by atoms with Gasteiger partial charge in [0.05, 0.1) is 4.47 Å². The highest BCUT2D eigenvalue weighted by molar-refractivity contribution is 9.10. The van der Waals surface area contributed by atoms with Gasteiger partial charge in [-0.3, -0.25) is 0 Å². The first kappa shape index (κ1) is 13.8. The summed E-state index contributed by atoms with van der Waals surface area (Å²) in [6, 6.07) is 4.50. The van der Waals surface area contributed by atoms with Crippen molar-refractivity contribution in [3.05, 3.63) is 34.0 Å². The van der Waals surface area contributed by atoms with Gasteiger partial charge in [-0.15, -0.1) is 10.2 Å². The average molecular weight is 358 g/mol. The van der Waals surface area contributed by atoms with Gasteiger partial charge < -0.3 is 9.64 Å². The number of rotatable bonds is 3. The number of piperidine rings is 1. The molecule has 1 fully saturated rings. The lowest BCUT2D eigenvalue weighted by Crippen LogP contribution is -2.38. The minimum Gasteiger partial charge on any atom is -0.489 e. The van der Waals surface area contributed by atoms with Crippen molar-refractivity contribution in [2.24, 2.45) is 0 Å². The Hall–Kier alpha value is -1.21. The second-order valence-electron chi connectivity index (χ2n) is 4.60. The third-order valence-electron chi connectivity index (χ3n) is 3.25. The van der Waals surface area contributed by atoms with Crippen LogP contribution in [0.1, 0.15) is 12.8 Å². The Bertz CT molecular complexity index is 573. The Kier molecular flexibility index (Phi) is 4.16. The van der Waals surface area contributed by atoms with E-state index in [1.807, 2.05) is 0 Å². The third-order valence-corrected chi connectivity index (χ3v) is 4.65. The first-order valence-electron chi connectivity index (χ1n) is 6.35. The zero-order valence-corrected chi connectivity index (χ0v) is 13.0. The van der Waals surface area contributed by atoms with Crippen molar-refractivity contribution in [2.45, 2.75) is 18.9 Å². The van der Waals surface area contributed by atoms with Gasteiger partial charge >= 0.3 is 0 Å². The van der Waals surface area contributed by atoms with E-state index < -0.39 is 0 Å². The molecule has 1 aromatic heterocycles. The third kappa shape index (κ3) is 3.09. The fraction of sp³-hybridized carbons (Fsp3) is 0.385. The SMILES string of the molecule is Fc1ccc(Br)c(OC2CCN(c3nncs3)CC2)c1. The van der Waals surface area contributed by atoms with Crippen molar-refractivity contribution < 1.29 is 9.13 Å². The van der Waals surface area contributed by atoms with Crippen LogP contribution in [0.4, 0.5) is 9.52 Å². The van der Waals surface area contributed by atoms with E-state index in [0.717, 1.165) is 35.5 Å². The molecule has 0 saturated carbocycles. The molecule has 2 heterocycles. The first-order chi connectivity index (χ1) is 9.72. The van der Waals surface area contributed by atoms with E-state index in [1.165, 1.54) is 12.1 Å². The molecule has 0 bridgehead atoms. The molecule has 2 aromatic rings. The molecule has 4 nitrogen and oxygen atoms in total. The van der Waals surface area contributed by atoms with Gasteiger partial charge in [-0.25, -0.2) is 4.39 Å². The lowest BCUT2D eigenvalue weighted by molar-refractivity contribution is 0.169. The Morgan fingerprint density at radius 2 is 2.15 bits per heavy atom. The van der Waals surface area contributed by atoms with Crippen LogP contribution in [0.3, 0.4) is 0 Å². The van der Waals surface area contributed by atoms with Crippen molar-refractivity contribution in [2.75, 3.05) is 18.0 Å². The van der Waals surface area contributed by atoms with Crippen LogP contribution in [0.5, 0.6) is 5.75 Å². The summed E-state index contributed by atoms with van der Waals surface area (Å²) >= 11 is 4.93. The summed E-state index contributed by atoms with van der Waals surface area (Å²) in [7, 11) is 0. The molecule has 1 aromatic carbocycles. The van der Waals surface area contributed by atoms with E-state index in [2.05, 4.69) is 31.0 Å². The zero-order valence-electron chi connectivity index (χ0n) is 10.6. The van der Waals surface area contributed by atoms with Crippen LogP contribution in [0.15, 0.2) is 28.2 Å². The molecule has 0 spiro atoms. The first-order valence-corrected chi connectivity index (χ1v) is 8.02. The second kappa shape index (κ2) is 6.05. The number of hydrogen-bond donors (Lipinski definition) is 0. The molecule has 1 saturated heterocycles. The molecule has 20 heavy (non-hydrogen) atoms. The lowest BCUT2D eigenvalue weighted by Gasteiger charge is -2.31. The Balaban J connectivity index is 1.60. The predicted molar refractivity (Wildman–Crippen MR) is 79.9 cm³/mol. The molecule has 0 aliphatic carbocycles. The summed E-state index contributed by atoms with van der Waals surface area (Å²) in [5, 5.41) is 8.88. The summed E-state index contributed by atoms with van der Waals surface area (Å²) < 4.78 is 19.9. The fourth-order valence-electron chi connectivity index (χ4n) is 2.22. The quantitative estimate of drug-likeness (QED) is 0.842. The fourth-order valence-corrected chi connectivity index (χ4v) is 3.17. The number of nitrogens with zero attached hydrogens (tertiary/aromatic N) is 3. The normalized spacial score (nSPS) is 16.4. The lowest BCUT2D eigenvalue weighted by atomic mass is 10.1. The van der Waals surface area contributed by atoms with Crippen LogP contribution in [0.25, 0.3) is 0 Å². The van der Waals surface area contributed by atoms with Gasteiger partial charge in [0.2, 0.25) is 5.13 Å². The van der Waals surface area contributed by atoms with Crippen LogP contribution in [0, 0.1) is 5.82 Å². The monoisotopic (exact) mass is 357 g/mol. The van der Waals surface area contributed by atoms with Gasteiger partial charge in [0, 0.05) is 32.0 Å². The number of aromatic nitrogens is 2. The largest absolute Gasteiger partial charge is 0.489 e. The minimum atomic E-state index is -0.283. The van der Waals surface area contributed by atoms with Gasteiger partial charge in [-0.1, -0.05) is 11.3 Å². The highest BCUT2D eigenvalue weighted by atomic mass is 79.9. The summed E-state index contributed by atoms with van der Waals surface area (Å²) in [6.45, 7) is 1.76. The second-order valence-corrected chi connectivity index (χ2v) is 6.27. The van der Waals surface area contributed by atoms with Gasteiger partial charge in [-0.2, -0.15) is 0 Å². The van der Waals surface area contributed by atoms with Gasteiger partial charge in [0.25, 0.3) is 0 Å². The summed E-state index contributed by atoms with van der Waals surface area (Å²) in [5.74, 6) is 0.286. The molecule has 0 radical (unpaired) electrons. The van der Waals surface area contributed by atoms with Crippen LogP contribution in [-0.4, -0.2) is 29.4 Å². The topological polar surface area (TPSA) is 38.2 Å². The number of hydrogen-bond acceptors (Lipinski definition) is 5. The van der Waals surface area contributed by atoms with Crippen molar-refractivity contribution in [1.82, 2.24) is 10.2 Å². The summed E-state index contributed by atoms with van der Waals surface area (Å²) in [5.41, 5.74) is 1.74. The maximum absolute atomic E-state index is 13.2. The van der Waals surface area contributed by atoms with Gasteiger partial charge in [0.1, 0.15) is 23.2 Å². The molecule has 0 N–H and O–H groups in total. The Morgan fingerprint density at radius 1 is 1.35 bits per heavy atom. The van der Waals surface area contributed by atoms with Crippen LogP contribution < -0.4 is 9.64 Å². The van der Waals surface area contributed by atoms with Gasteiger partial charge in [0.15, 0.2) is 0 Å². The molecule has 1 aliphatic heterocycles. The molecule has 0 atom stereocenters. The van der Waals surface area contributed by atoms with E-state index in [1.54, 1.807) is 22.9 Å². The number of anilines is 1. The molecule has 1 aliphatic rings. The zero-order chi connectivity index (χ0) is 13.9. The van der Waals surface area contributed by atoms with E-state index in [4.69, 9.17) is 4.74 Å². The van der Waals surface area contributed by atoms with Crippen molar-refractivity contribution in [1.29, 1.82) is 0 Å². The van der Waals surface area contributed by atoms with E-state index in [0.29, 0.717) is 5.75 Å². The Labute approximate surface area is 128 Å². The van der Waals surface area contributed by atoms with Crippen molar-refractivity contribution in [3.8, 4) is 5.75 Å². The Morgan fingerprint density at radius 3 is 2.85 bits per heavy atom. The average Bonchev–Trinajstić information content (AvgIpc) is 2.98. The predicted octanol–water partition coefficient (Wildman–Crippen LogP) is 3.49.